The van der Waals surface area contributed by atoms with Gasteiger partial charge in [0.25, 0.3) is 0 Å². The summed E-state index contributed by atoms with van der Waals surface area (Å²) in [5.74, 6) is -0.158. The van der Waals surface area contributed by atoms with Crippen molar-refractivity contribution in [1.29, 1.82) is 0 Å². The van der Waals surface area contributed by atoms with Crippen molar-refractivity contribution in [2.24, 2.45) is 0 Å². The fraction of sp³-hybridized carbons (Fsp3) is 0.111. The number of halogens is 2. The van der Waals surface area contributed by atoms with E-state index in [9.17, 15) is 4.39 Å². The number of aromatic amines is 1. The van der Waals surface area contributed by atoms with Crippen LogP contribution in [0.2, 0.25) is 0 Å². The van der Waals surface area contributed by atoms with Gasteiger partial charge in [0.2, 0.25) is 0 Å². The number of fused-ring (bicyclic) bond motifs is 1. The lowest BCUT2D eigenvalue weighted by Crippen LogP contribution is -1.79. The minimum atomic E-state index is -0.158. The number of nitrogens with one attached hydrogen (secondary N) is 1. The van der Waals surface area contributed by atoms with Gasteiger partial charge in [0.05, 0.1) is 5.52 Å². The third-order valence-electron chi connectivity index (χ3n) is 1.82. The molecular formula is C9H7FIN. The van der Waals surface area contributed by atoms with Gasteiger partial charge in [0.1, 0.15) is 5.82 Å². The second-order valence-electron chi connectivity index (χ2n) is 2.77. The van der Waals surface area contributed by atoms with Gasteiger partial charge in [-0.2, -0.15) is 0 Å². The normalized spacial score (nSPS) is 10.9. The molecule has 0 aliphatic rings. The van der Waals surface area contributed by atoms with E-state index in [-0.39, 0.29) is 5.82 Å². The van der Waals surface area contributed by atoms with Crippen LogP contribution in [0.5, 0.6) is 0 Å². The number of rotatable bonds is 0. The minimum absolute atomic E-state index is 0.158. The largest absolute Gasteiger partial charge is 0.358 e. The molecule has 1 N–H and O–H groups in total. The molecule has 0 amide bonds. The molecule has 0 radical (unpaired) electrons. The zero-order chi connectivity index (χ0) is 8.72. The summed E-state index contributed by atoms with van der Waals surface area (Å²) in [5, 5.41) is 0.680. The number of hydrogen-bond acceptors (Lipinski definition) is 0. The van der Waals surface area contributed by atoms with E-state index in [1.165, 1.54) is 6.07 Å². The lowest BCUT2D eigenvalue weighted by Gasteiger charge is -1.94. The smallest absolute Gasteiger partial charge is 0.132 e. The average molecular weight is 275 g/mol. The van der Waals surface area contributed by atoms with Crippen molar-refractivity contribution in [3.8, 4) is 0 Å². The molecule has 0 aliphatic heterocycles. The van der Waals surface area contributed by atoms with Gasteiger partial charge < -0.3 is 4.98 Å². The lowest BCUT2D eigenvalue weighted by atomic mass is 10.2. The molecule has 3 heteroatoms. The molecule has 0 saturated carbocycles. The quantitative estimate of drug-likeness (QED) is 0.710. The second kappa shape index (κ2) is 2.73. The summed E-state index contributed by atoms with van der Waals surface area (Å²) >= 11 is 2.19. The van der Waals surface area contributed by atoms with Crippen molar-refractivity contribution < 1.29 is 4.39 Å². The van der Waals surface area contributed by atoms with Crippen LogP contribution in [-0.2, 0) is 0 Å². The summed E-state index contributed by atoms with van der Waals surface area (Å²) in [5.41, 5.74) is 1.89. The van der Waals surface area contributed by atoms with E-state index in [2.05, 4.69) is 27.6 Å². The molecule has 0 aliphatic carbocycles. The first kappa shape index (κ1) is 8.04. The second-order valence-corrected chi connectivity index (χ2v) is 3.93. The molecule has 2 rings (SSSR count). The van der Waals surface area contributed by atoms with Crippen molar-refractivity contribution >= 4 is 33.5 Å². The van der Waals surface area contributed by atoms with Crippen molar-refractivity contribution in [3.05, 3.63) is 33.3 Å². The van der Waals surface area contributed by atoms with E-state index in [1.54, 1.807) is 6.07 Å². The van der Waals surface area contributed by atoms with Crippen molar-refractivity contribution in [2.75, 3.05) is 0 Å². The Kier molecular flexibility index (Phi) is 1.83. The van der Waals surface area contributed by atoms with E-state index in [1.807, 2.05) is 13.0 Å². The van der Waals surface area contributed by atoms with Gasteiger partial charge in [-0.1, -0.05) is 0 Å². The summed E-state index contributed by atoms with van der Waals surface area (Å²) in [6, 6.07) is 5.10. The minimum Gasteiger partial charge on any atom is -0.358 e. The number of H-pyrrole nitrogens is 1. The van der Waals surface area contributed by atoms with E-state index in [4.69, 9.17) is 0 Å². The SMILES string of the molecule is Cc1cc2c(F)ccc(I)c2[nH]1. The Hall–Kier alpha value is -0.580. The van der Waals surface area contributed by atoms with Crippen LogP contribution in [0.3, 0.4) is 0 Å². The van der Waals surface area contributed by atoms with Crippen LogP contribution in [0.25, 0.3) is 10.9 Å². The first-order valence-corrected chi connectivity index (χ1v) is 4.69. The van der Waals surface area contributed by atoms with E-state index in [0.29, 0.717) is 5.39 Å². The maximum absolute atomic E-state index is 13.2. The standard InChI is InChI=1S/C9H7FIN/c1-5-4-6-7(10)2-3-8(11)9(6)12-5/h2-4,12H,1H3. The molecule has 0 saturated heterocycles. The monoisotopic (exact) mass is 275 g/mol. The Morgan fingerprint density at radius 2 is 2.17 bits per heavy atom. The maximum Gasteiger partial charge on any atom is 0.132 e. The predicted octanol–water partition coefficient (Wildman–Crippen LogP) is 3.22. The fourth-order valence-corrected chi connectivity index (χ4v) is 1.89. The molecule has 1 aromatic carbocycles. The van der Waals surface area contributed by atoms with Crippen LogP contribution >= 0.6 is 22.6 Å². The highest BCUT2D eigenvalue weighted by atomic mass is 127. The van der Waals surface area contributed by atoms with E-state index in [0.717, 1.165) is 14.8 Å². The number of aryl methyl sites for hydroxylation is 1. The van der Waals surface area contributed by atoms with E-state index < -0.39 is 0 Å². The molecule has 12 heavy (non-hydrogen) atoms. The molecule has 1 aromatic heterocycles. The van der Waals surface area contributed by atoms with Gasteiger partial charge >= 0.3 is 0 Å². The third kappa shape index (κ3) is 1.12. The maximum atomic E-state index is 13.2. The molecular weight excluding hydrogens is 268 g/mol. The molecule has 0 unspecified atom stereocenters. The molecule has 0 bridgehead atoms. The molecule has 2 aromatic rings. The lowest BCUT2D eigenvalue weighted by molar-refractivity contribution is 0.640. The van der Waals surface area contributed by atoms with Gasteiger partial charge in [-0.25, -0.2) is 4.39 Å². The molecule has 0 atom stereocenters. The topological polar surface area (TPSA) is 15.8 Å². The van der Waals surface area contributed by atoms with Gasteiger partial charge in [-0.05, 0) is 47.7 Å². The van der Waals surface area contributed by atoms with Crippen LogP contribution in [0.4, 0.5) is 4.39 Å². The molecule has 62 valence electrons. The van der Waals surface area contributed by atoms with Crippen LogP contribution in [0.15, 0.2) is 18.2 Å². The van der Waals surface area contributed by atoms with Gasteiger partial charge in [0, 0.05) is 14.7 Å². The first-order valence-electron chi connectivity index (χ1n) is 3.62. The molecule has 0 spiro atoms. The molecule has 1 heterocycles. The summed E-state index contributed by atoms with van der Waals surface area (Å²) < 4.78 is 14.2. The Bertz CT molecular complexity index is 394. The zero-order valence-corrected chi connectivity index (χ0v) is 8.65. The summed E-state index contributed by atoms with van der Waals surface area (Å²) in [4.78, 5) is 3.12. The Morgan fingerprint density at radius 1 is 1.42 bits per heavy atom. The molecule has 0 fully saturated rings. The van der Waals surface area contributed by atoms with Crippen molar-refractivity contribution in [1.82, 2.24) is 4.98 Å². The summed E-state index contributed by atoms with van der Waals surface area (Å²) in [7, 11) is 0. The van der Waals surface area contributed by atoms with Crippen LogP contribution in [0, 0.1) is 16.3 Å². The number of benzene rings is 1. The first-order chi connectivity index (χ1) is 5.68. The number of aromatic nitrogens is 1. The van der Waals surface area contributed by atoms with Crippen molar-refractivity contribution in [3.63, 3.8) is 0 Å². The summed E-state index contributed by atoms with van der Waals surface area (Å²) in [6.45, 7) is 1.93. The van der Waals surface area contributed by atoms with Crippen LogP contribution in [0.1, 0.15) is 5.69 Å². The van der Waals surface area contributed by atoms with E-state index >= 15 is 0 Å². The van der Waals surface area contributed by atoms with Crippen LogP contribution < -0.4 is 0 Å². The molecule has 1 nitrogen and oxygen atoms in total. The predicted molar refractivity (Wildman–Crippen MR) is 55.7 cm³/mol. The van der Waals surface area contributed by atoms with Gasteiger partial charge in [-0.3, -0.25) is 0 Å². The Balaban J connectivity index is 2.93. The fourth-order valence-electron chi connectivity index (χ4n) is 1.29. The average Bonchev–Trinajstić information content (AvgIpc) is 2.41. The highest BCUT2D eigenvalue weighted by molar-refractivity contribution is 14.1. The highest BCUT2D eigenvalue weighted by Gasteiger charge is 2.05. The van der Waals surface area contributed by atoms with Crippen LogP contribution in [-0.4, -0.2) is 4.98 Å². The Labute approximate surface area is 83.1 Å². The third-order valence-corrected chi connectivity index (χ3v) is 2.72. The zero-order valence-electron chi connectivity index (χ0n) is 6.49. The van der Waals surface area contributed by atoms with Gasteiger partial charge in [-0.15, -0.1) is 0 Å². The Morgan fingerprint density at radius 3 is 2.83 bits per heavy atom. The van der Waals surface area contributed by atoms with Crippen molar-refractivity contribution in [2.45, 2.75) is 6.92 Å². The van der Waals surface area contributed by atoms with Gasteiger partial charge in [0.15, 0.2) is 0 Å². The highest BCUT2D eigenvalue weighted by Crippen LogP contribution is 2.23. The number of hydrogen-bond donors (Lipinski definition) is 1. The summed E-state index contributed by atoms with van der Waals surface area (Å²) in [6.07, 6.45) is 0.